The summed E-state index contributed by atoms with van der Waals surface area (Å²) in [7, 11) is 0. The highest BCUT2D eigenvalue weighted by Gasteiger charge is 2.15. The van der Waals surface area contributed by atoms with Gasteiger partial charge in [0.1, 0.15) is 5.82 Å². The molecule has 1 atom stereocenters. The summed E-state index contributed by atoms with van der Waals surface area (Å²) in [6.07, 6.45) is 1.05. The van der Waals surface area contributed by atoms with Crippen LogP contribution in [0.2, 0.25) is 5.02 Å². The van der Waals surface area contributed by atoms with Crippen LogP contribution in [0.25, 0.3) is 0 Å². The predicted molar refractivity (Wildman–Crippen MR) is 69.0 cm³/mol. The van der Waals surface area contributed by atoms with Crippen molar-refractivity contribution >= 4 is 11.6 Å². The van der Waals surface area contributed by atoms with Crippen LogP contribution in [0.3, 0.4) is 0 Å². The average molecular weight is 266 g/mol. The van der Waals surface area contributed by atoms with Gasteiger partial charge in [-0.3, -0.25) is 4.98 Å². The van der Waals surface area contributed by atoms with Gasteiger partial charge in [0, 0.05) is 23.9 Å². The van der Waals surface area contributed by atoms with Crippen LogP contribution in [-0.4, -0.2) is 10.1 Å². The van der Waals surface area contributed by atoms with Crippen LogP contribution in [0.4, 0.5) is 4.39 Å². The van der Waals surface area contributed by atoms with E-state index in [9.17, 15) is 9.50 Å². The van der Waals surface area contributed by atoms with Crippen molar-refractivity contribution in [2.75, 3.05) is 0 Å². The minimum atomic E-state index is -0.785. The molecule has 1 unspecified atom stereocenters. The van der Waals surface area contributed by atoms with E-state index in [1.54, 1.807) is 30.5 Å². The first kappa shape index (κ1) is 13.0. The Morgan fingerprint density at radius 2 is 2.11 bits per heavy atom. The summed E-state index contributed by atoms with van der Waals surface area (Å²) >= 11 is 5.71. The molecule has 0 saturated heterocycles. The summed E-state index contributed by atoms with van der Waals surface area (Å²) < 4.78 is 13.7. The smallest absolute Gasteiger partial charge is 0.145 e. The van der Waals surface area contributed by atoms with Gasteiger partial charge < -0.3 is 5.11 Å². The van der Waals surface area contributed by atoms with Crippen LogP contribution < -0.4 is 0 Å². The van der Waals surface area contributed by atoms with Crippen LogP contribution in [0.1, 0.15) is 22.9 Å². The lowest BCUT2D eigenvalue weighted by Crippen LogP contribution is -2.06. The molecule has 0 fully saturated rings. The average Bonchev–Trinajstić information content (AvgIpc) is 2.35. The topological polar surface area (TPSA) is 33.1 Å². The van der Waals surface area contributed by atoms with Crippen molar-refractivity contribution in [3.63, 3.8) is 0 Å². The van der Waals surface area contributed by atoms with Gasteiger partial charge in [0.25, 0.3) is 0 Å². The van der Waals surface area contributed by atoms with Crippen LogP contribution in [0, 0.1) is 12.7 Å². The number of pyridine rings is 1. The number of nitrogens with zero attached hydrogens (tertiary/aromatic N) is 1. The molecular weight excluding hydrogens is 253 g/mol. The standard InChI is InChI=1S/C14H13ClFNO/c1-9-11(5-3-7-17-9)13(18)8-10-4-2-6-12(15)14(10)16/h2-7,13,18H,8H2,1H3. The van der Waals surface area contributed by atoms with E-state index in [0.717, 1.165) is 5.69 Å². The number of halogens is 2. The summed E-state index contributed by atoms with van der Waals surface area (Å²) in [4.78, 5) is 4.10. The Balaban J connectivity index is 2.24. The maximum absolute atomic E-state index is 13.7. The van der Waals surface area contributed by atoms with Gasteiger partial charge in [-0.25, -0.2) is 4.39 Å². The van der Waals surface area contributed by atoms with Crippen molar-refractivity contribution in [2.45, 2.75) is 19.4 Å². The highest BCUT2D eigenvalue weighted by atomic mass is 35.5. The van der Waals surface area contributed by atoms with Crippen molar-refractivity contribution < 1.29 is 9.50 Å². The van der Waals surface area contributed by atoms with E-state index >= 15 is 0 Å². The Labute approximate surface area is 110 Å². The van der Waals surface area contributed by atoms with E-state index in [4.69, 9.17) is 11.6 Å². The maximum atomic E-state index is 13.7. The second kappa shape index (κ2) is 5.46. The Bertz CT molecular complexity index is 559. The van der Waals surface area contributed by atoms with Gasteiger partial charge in [-0.15, -0.1) is 0 Å². The molecule has 1 N–H and O–H groups in total. The summed E-state index contributed by atoms with van der Waals surface area (Å²) in [6, 6.07) is 8.32. The summed E-state index contributed by atoms with van der Waals surface area (Å²) in [5, 5.41) is 10.2. The number of benzene rings is 1. The Hall–Kier alpha value is -1.45. The number of hydrogen-bond donors (Lipinski definition) is 1. The lowest BCUT2D eigenvalue weighted by atomic mass is 10.0. The summed E-state index contributed by atoms with van der Waals surface area (Å²) in [5.74, 6) is -0.472. The van der Waals surface area contributed by atoms with Crippen molar-refractivity contribution in [3.05, 3.63) is 64.2 Å². The lowest BCUT2D eigenvalue weighted by Gasteiger charge is -2.13. The fraction of sp³-hybridized carbons (Fsp3) is 0.214. The second-order valence-corrected chi connectivity index (χ2v) is 4.52. The van der Waals surface area contributed by atoms with E-state index in [0.29, 0.717) is 11.1 Å². The fourth-order valence-electron chi connectivity index (χ4n) is 1.87. The van der Waals surface area contributed by atoms with Crippen molar-refractivity contribution in [1.82, 2.24) is 4.98 Å². The van der Waals surface area contributed by atoms with Crippen LogP contribution in [-0.2, 0) is 6.42 Å². The molecule has 94 valence electrons. The lowest BCUT2D eigenvalue weighted by molar-refractivity contribution is 0.176. The molecule has 0 bridgehead atoms. The van der Waals surface area contributed by atoms with Gasteiger partial charge in [-0.05, 0) is 24.6 Å². The van der Waals surface area contributed by atoms with Gasteiger partial charge in [0.15, 0.2) is 0 Å². The van der Waals surface area contributed by atoms with Crippen LogP contribution >= 0.6 is 11.6 Å². The van der Waals surface area contributed by atoms with E-state index < -0.39 is 11.9 Å². The van der Waals surface area contributed by atoms with Gasteiger partial charge >= 0.3 is 0 Å². The third-order valence-electron chi connectivity index (χ3n) is 2.85. The Morgan fingerprint density at radius 3 is 2.83 bits per heavy atom. The van der Waals surface area contributed by atoms with Gasteiger partial charge in [-0.2, -0.15) is 0 Å². The van der Waals surface area contributed by atoms with E-state index in [1.807, 2.05) is 6.92 Å². The number of aliphatic hydroxyl groups is 1. The third kappa shape index (κ3) is 2.68. The molecule has 0 radical (unpaired) electrons. The molecular formula is C14H13ClFNO. The van der Waals surface area contributed by atoms with Gasteiger partial charge in [0.05, 0.1) is 11.1 Å². The minimum Gasteiger partial charge on any atom is -0.388 e. The Kier molecular flexibility index (Phi) is 3.94. The fourth-order valence-corrected chi connectivity index (χ4v) is 2.07. The monoisotopic (exact) mass is 265 g/mol. The molecule has 0 aliphatic rings. The largest absolute Gasteiger partial charge is 0.388 e. The zero-order valence-corrected chi connectivity index (χ0v) is 10.7. The number of hydrogen-bond acceptors (Lipinski definition) is 2. The zero-order valence-electron chi connectivity index (χ0n) is 9.90. The molecule has 1 aromatic carbocycles. The molecule has 4 heteroatoms. The quantitative estimate of drug-likeness (QED) is 0.922. The molecule has 1 aromatic heterocycles. The number of rotatable bonds is 3. The summed E-state index contributed by atoms with van der Waals surface area (Å²) in [5.41, 5.74) is 1.85. The highest BCUT2D eigenvalue weighted by Crippen LogP contribution is 2.24. The first-order valence-corrected chi connectivity index (χ1v) is 6.00. The predicted octanol–water partition coefficient (Wildman–Crippen LogP) is 3.46. The minimum absolute atomic E-state index is 0.0719. The molecule has 2 aromatic rings. The SMILES string of the molecule is Cc1ncccc1C(O)Cc1cccc(Cl)c1F. The third-order valence-corrected chi connectivity index (χ3v) is 3.14. The molecule has 0 spiro atoms. The first-order chi connectivity index (χ1) is 8.59. The van der Waals surface area contributed by atoms with E-state index in [1.165, 1.54) is 6.07 Å². The van der Waals surface area contributed by atoms with Crippen molar-refractivity contribution in [3.8, 4) is 0 Å². The molecule has 1 heterocycles. The molecule has 18 heavy (non-hydrogen) atoms. The number of aliphatic hydroxyl groups excluding tert-OH is 1. The second-order valence-electron chi connectivity index (χ2n) is 4.11. The van der Waals surface area contributed by atoms with Crippen LogP contribution in [0.5, 0.6) is 0 Å². The first-order valence-electron chi connectivity index (χ1n) is 5.62. The molecule has 0 amide bonds. The normalized spacial score (nSPS) is 12.4. The number of aromatic nitrogens is 1. The number of aryl methyl sites for hydroxylation is 1. The molecule has 0 aliphatic carbocycles. The van der Waals surface area contributed by atoms with Crippen molar-refractivity contribution in [2.24, 2.45) is 0 Å². The Morgan fingerprint density at radius 1 is 1.33 bits per heavy atom. The molecule has 2 rings (SSSR count). The van der Waals surface area contributed by atoms with Gasteiger partial charge in [-0.1, -0.05) is 29.8 Å². The maximum Gasteiger partial charge on any atom is 0.145 e. The van der Waals surface area contributed by atoms with Gasteiger partial charge in [0.2, 0.25) is 0 Å². The molecule has 2 nitrogen and oxygen atoms in total. The molecule has 0 saturated carbocycles. The zero-order chi connectivity index (χ0) is 13.1. The summed E-state index contributed by atoms with van der Waals surface area (Å²) in [6.45, 7) is 1.81. The molecule has 0 aliphatic heterocycles. The van der Waals surface area contributed by atoms with E-state index in [2.05, 4.69) is 4.98 Å². The van der Waals surface area contributed by atoms with Crippen LogP contribution in [0.15, 0.2) is 36.5 Å². The van der Waals surface area contributed by atoms with Crippen molar-refractivity contribution in [1.29, 1.82) is 0 Å². The van der Waals surface area contributed by atoms with E-state index in [-0.39, 0.29) is 11.4 Å². The highest BCUT2D eigenvalue weighted by molar-refractivity contribution is 6.30.